The molecular weight excluding hydrogens is 1070 g/mol. The number of hydrogen-bond acceptors (Lipinski definition) is 17. The highest BCUT2D eigenvalue weighted by atomic mass is 16.7. The molecule has 1 unspecified atom stereocenters. The number of para-hydroxylation sites is 1. The Kier molecular flexibility index (Phi) is 22.3. The molecule has 0 aliphatic carbocycles. The summed E-state index contributed by atoms with van der Waals surface area (Å²) in [5, 5.41) is 59.3. The van der Waals surface area contributed by atoms with E-state index in [9.17, 15) is 63.6 Å². The topological polar surface area (TPSA) is 397 Å². The van der Waals surface area contributed by atoms with Crippen molar-refractivity contribution in [2.75, 3.05) is 52.6 Å². The number of fused-ring (bicyclic) bond motifs is 3. The van der Waals surface area contributed by atoms with Crippen molar-refractivity contribution in [2.24, 2.45) is 11.8 Å². The molecule has 1 aromatic carbocycles. The molecule has 4 fully saturated rings. The number of nitrogens with one attached hydrogen (secondary N) is 9. The summed E-state index contributed by atoms with van der Waals surface area (Å²) in [7, 11) is 0. The van der Waals surface area contributed by atoms with E-state index in [1.54, 1.807) is 33.9 Å². The smallest absolute Gasteiger partial charge is 0.246 e. The number of benzene rings is 1. The van der Waals surface area contributed by atoms with Gasteiger partial charge in [-0.3, -0.25) is 43.2 Å². The Labute approximate surface area is 473 Å². The monoisotopic (exact) mass is 1150 g/mol. The fourth-order valence-electron chi connectivity index (χ4n) is 10.6. The van der Waals surface area contributed by atoms with E-state index in [1.165, 1.54) is 22.3 Å². The molecular formula is C54H78N12O16. The van der Waals surface area contributed by atoms with Gasteiger partial charge in [0.2, 0.25) is 53.2 Å². The van der Waals surface area contributed by atoms with Crippen LogP contribution in [0.5, 0.6) is 0 Å². The maximum Gasteiger partial charge on any atom is 0.246 e. The van der Waals surface area contributed by atoms with Gasteiger partial charge < -0.3 is 91.6 Å². The molecule has 6 heterocycles. The molecule has 13 N–H and O–H groups in total. The first kappa shape index (κ1) is 62.5. The highest BCUT2D eigenvalue weighted by Gasteiger charge is 2.47. The lowest BCUT2D eigenvalue weighted by molar-refractivity contribution is -0.302. The zero-order chi connectivity index (χ0) is 59.2. The van der Waals surface area contributed by atoms with Gasteiger partial charge in [-0.05, 0) is 49.1 Å². The van der Waals surface area contributed by atoms with Crippen molar-refractivity contribution in [1.82, 2.24) is 62.0 Å². The Balaban J connectivity index is 1.12. The van der Waals surface area contributed by atoms with Gasteiger partial charge in [0.15, 0.2) is 6.29 Å². The van der Waals surface area contributed by atoms with Crippen LogP contribution in [0, 0.1) is 11.8 Å². The zero-order valence-electron chi connectivity index (χ0n) is 46.5. The summed E-state index contributed by atoms with van der Waals surface area (Å²) < 4.78 is 16.3. The second-order valence-corrected chi connectivity index (χ2v) is 21.5. The van der Waals surface area contributed by atoms with Gasteiger partial charge in [-0.15, -0.1) is 0 Å². The molecule has 4 saturated heterocycles. The summed E-state index contributed by atoms with van der Waals surface area (Å²) in [4.78, 5) is 142. The fraction of sp³-hybridized carbons (Fsp3) is 0.630. The minimum Gasteiger partial charge on any atom is -0.394 e. The average molecular weight is 1150 g/mol. The minimum atomic E-state index is -1.64. The number of aliphatic hydroxyl groups excluding tert-OH is 4. The molecule has 13 atom stereocenters. The molecule has 7 rings (SSSR count). The Hall–Kier alpha value is -7.08. The third-order valence-corrected chi connectivity index (χ3v) is 15.4. The number of carbonyl (C=O) groups is 9. The Morgan fingerprint density at radius 2 is 1.44 bits per heavy atom. The van der Waals surface area contributed by atoms with Gasteiger partial charge in [0, 0.05) is 61.5 Å². The first-order chi connectivity index (χ1) is 39.3. The Morgan fingerprint density at radius 1 is 0.756 bits per heavy atom. The van der Waals surface area contributed by atoms with Crippen molar-refractivity contribution in [3.05, 3.63) is 54.2 Å². The van der Waals surface area contributed by atoms with E-state index in [0.29, 0.717) is 30.5 Å². The number of H-pyrrole nitrogens is 2. The molecule has 4 aliphatic rings. The summed E-state index contributed by atoms with van der Waals surface area (Å²) in [6.07, 6.45) is -1.91. The number of hydrogen-bond donors (Lipinski definition) is 13. The van der Waals surface area contributed by atoms with Crippen LogP contribution in [0.15, 0.2) is 43.0 Å². The van der Waals surface area contributed by atoms with Crippen LogP contribution in [0.25, 0.3) is 10.9 Å². The predicted octanol–water partition coefficient (Wildman–Crippen LogP) is -3.75. The van der Waals surface area contributed by atoms with E-state index >= 15 is 0 Å². The van der Waals surface area contributed by atoms with Gasteiger partial charge in [-0.2, -0.15) is 0 Å². The minimum absolute atomic E-state index is 0.0342. The third-order valence-electron chi connectivity index (χ3n) is 15.4. The first-order valence-electron chi connectivity index (χ1n) is 28.0. The average Bonchev–Trinajstić information content (AvgIpc) is 4.50. The Morgan fingerprint density at radius 3 is 2.15 bits per heavy atom. The van der Waals surface area contributed by atoms with Gasteiger partial charge in [-0.25, -0.2) is 4.98 Å². The van der Waals surface area contributed by atoms with Gasteiger partial charge in [0.05, 0.1) is 45.7 Å². The number of ether oxygens (including phenoxy) is 3. The van der Waals surface area contributed by atoms with Crippen LogP contribution >= 0.6 is 0 Å². The van der Waals surface area contributed by atoms with Crippen LogP contribution < -0.4 is 37.2 Å². The summed E-state index contributed by atoms with van der Waals surface area (Å²) in [6.45, 7) is 5.31. The molecule has 28 heteroatoms. The Bertz CT molecular complexity index is 2710. The van der Waals surface area contributed by atoms with Gasteiger partial charge in [0.25, 0.3) is 0 Å². The number of aliphatic hydroxyl groups is 4. The molecule has 2 aromatic heterocycles. The number of rotatable bonds is 17. The summed E-state index contributed by atoms with van der Waals surface area (Å²) in [5.41, 5.74) is 1.90. The second-order valence-electron chi connectivity index (χ2n) is 21.5. The van der Waals surface area contributed by atoms with E-state index in [2.05, 4.69) is 52.2 Å². The van der Waals surface area contributed by atoms with E-state index in [1.807, 2.05) is 24.3 Å². The van der Waals surface area contributed by atoms with Crippen molar-refractivity contribution < 1.29 is 77.8 Å². The van der Waals surface area contributed by atoms with E-state index in [-0.39, 0.29) is 65.1 Å². The molecule has 0 radical (unpaired) electrons. The van der Waals surface area contributed by atoms with E-state index < -0.39 is 158 Å². The lowest BCUT2D eigenvalue weighted by atomic mass is 9.96. The summed E-state index contributed by atoms with van der Waals surface area (Å²) >= 11 is 0. The third kappa shape index (κ3) is 15.7. The van der Waals surface area contributed by atoms with Gasteiger partial charge >= 0.3 is 0 Å². The molecule has 9 amide bonds. The lowest BCUT2D eigenvalue weighted by Gasteiger charge is -2.39. The maximum absolute atomic E-state index is 14.8. The van der Waals surface area contributed by atoms with Crippen molar-refractivity contribution >= 4 is 64.1 Å². The van der Waals surface area contributed by atoms with Crippen LogP contribution in [0.4, 0.5) is 0 Å². The zero-order valence-corrected chi connectivity index (χ0v) is 46.5. The SMILES string of the molecule is CCC(C)[C@@H]1NC(=O)[C@H](CC(=O)NCCOCCO[C@@H]2O[C@H](CO)[C@@H](O)[C@H](O)[C@H]2O)NC(=O)[C@H](C(C)C)NC(=O)CNC(=O)[C@H](Cc2cnc[nH]2)NC(=O)[C@H](Cc2c[nH]c3ccccc23)NC(=O)[C@@H]2CCCN2C(=O)[C@@H]2CCCN2C1=O. The van der Waals surface area contributed by atoms with Crippen LogP contribution in [-0.2, 0) is 70.2 Å². The quantitative estimate of drug-likeness (QED) is 0.0578. The standard InChI is InChI=1S/C54H78N12O16/c1-5-29(4)43-53(79)66-16-9-13-38(66)52(78)65-15-8-12-37(65)50(76)61-34(20-30-23-57-33-11-7-6-10-32(30)33)48(74)60-35(21-31-24-55-27-59-31)47(73)58-25-41(69)63-42(28(2)3)51(77)62-36(49(75)64-43)22-40(68)56-14-17-80-18-19-81-54-46(72)45(71)44(70)39(26-67)82-54/h6-7,10-11,23-24,27-29,34-39,42-46,54,57,67,70-72H,5,8-9,12-22,25-26H2,1-4H3,(H,55,59)(H,56,68)(H,58,73)(H,60,74)(H,61,76)(H,62,77)(H,63,69)(H,64,75)/t29?,34-,35-,36-,37-,38-,39+,42-,43-,44+,45-,46+,54+/m0/s1. The van der Waals surface area contributed by atoms with Crippen molar-refractivity contribution in [3.8, 4) is 0 Å². The molecule has 3 aromatic rings. The fourth-order valence-corrected chi connectivity index (χ4v) is 10.6. The molecule has 0 saturated carbocycles. The largest absolute Gasteiger partial charge is 0.394 e. The number of aromatic amines is 2. The second kappa shape index (κ2) is 29.3. The van der Waals surface area contributed by atoms with Crippen LogP contribution in [0.1, 0.15) is 77.5 Å². The predicted molar refractivity (Wildman–Crippen MR) is 289 cm³/mol. The molecule has 4 aliphatic heterocycles. The molecule has 450 valence electrons. The highest BCUT2D eigenvalue weighted by Crippen LogP contribution is 2.28. The van der Waals surface area contributed by atoms with E-state index in [0.717, 1.165) is 10.9 Å². The number of imidazole rings is 1. The normalized spacial score (nSPS) is 29.0. The van der Waals surface area contributed by atoms with Crippen LogP contribution in [-0.4, -0.2) is 224 Å². The van der Waals surface area contributed by atoms with Crippen LogP contribution in [0.2, 0.25) is 0 Å². The number of amides is 9. The van der Waals surface area contributed by atoms with Gasteiger partial charge in [-0.1, -0.05) is 52.3 Å². The number of carbonyl (C=O) groups excluding carboxylic acids is 9. The van der Waals surface area contributed by atoms with Crippen LogP contribution in [0.3, 0.4) is 0 Å². The van der Waals surface area contributed by atoms with E-state index in [4.69, 9.17) is 14.2 Å². The number of nitrogens with zero attached hydrogens (tertiary/aromatic N) is 3. The molecule has 0 spiro atoms. The molecule has 28 nitrogen and oxygen atoms in total. The molecule has 0 bridgehead atoms. The van der Waals surface area contributed by atoms with Crippen molar-refractivity contribution in [2.45, 2.75) is 152 Å². The number of aromatic nitrogens is 3. The van der Waals surface area contributed by atoms with Gasteiger partial charge in [0.1, 0.15) is 66.7 Å². The van der Waals surface area contributed by atoms with Crippen molar-refractivity contribution in [3.63, 3.8) is 0 Å². The summed E-state index contributed by atoms with van der Waals surface area (Å²) in [5.74, 6) is -7.81. The van der Waals surface area contributed by atoms with Crippen molar-refractivity contribution in [1.29, 1.82) is 0 Å². The highest BCUT2D eigenvalue weighted by molar-refractivity contribution is 6.00. The maximum atomic E-state index is 14.8. The molecule has 82 heavy (non-hydrogen) atoms. The summed E-state index contributed by atoms with van der Waals surface area (Å²) in [6, 6.07) is -1.57. The lowest BCUT2D eigenvalue weighted by Crippen LogP contribution is -2.62. The first-order valence-corrected chi connectivity index (χ1v) is 28.0.